The Morgan fingerprint density at radius 3 is 2.81 bits per heavy atom. The Labute approximate surface area is 178 Å². The van der Waals surface area contributed by atoms with E-state index in [0.717, 1.165) is 13.1 Å². The minimum atomic E-state index is -0.244. The van der Waals surface area contributed by atoms with Crippen LogP contribution < -0.4 is 10.1 Å². The number of nitrogens with zero attached hydrogens (tertiary/aromatic N) is 5. The number of nitrogens with one attached hydrogen (secondary N) is 2. The van der Waals surface area contributed by atoms with Gasteiger partial charge in [-0.1, -0.05) is 0 Å². The molecule has 4 heterocycles. The lowest BCUT2D eigenvalue weighted by atomic mass is 10.2. The van der Waals surface area contributed by atoms with E-state index in [1.165, 1.54) is 7.11 Å². The number of carbonyl (C=O) groups is 2. The maximum atomic E-state index is 12.7. The number of aromatic nitrogens is 4. The molecule has 1 fully saturated rings. The van der Waals surface area contributed by atoms with Crippen molar-refractivity contribution in [2.75, 3.05) is 46.4 Å². The van der Waals surface area contributed by atoms with Crippen LogP contribution in [0.1, 0.15) is 20.8 Å². The Morgan fingerprint density at radius 2 is 2.10 bits per heavy atom. The number of hydrogen-bond donors (Lipinski definition) is 2. The van der Waals surface area contributed by atoms with Gasteiger partial charge in [0.15, 0.2) is 11.5 Å². The first-order valence-corrected chi connectivity index (χ1v) is 10.0. The molecule has 11 heteroatoms. The van der Waals surface area contributed by atoms with Crippen LogP contribution in [-0.4, -0.2) is 88.0 Å². The van der Waals surface area contributed by atoms with E-state index in [9.17, 15) is 9.59 Å². The molecule has 2 N–H and O–H groups in total. The second-order valence-corrected chi connectivity index (χ2v) is 7.26. The van der Waals surface area contributed by atoms with Gasteiger partial charge in [0.05, 0.1) is 13.4 Å². The molecule has 11 nitrogen and oxygen atoms in total. The monoisotopic (exact) mass is 427 g/mol. The normalized spacial score (nSPS) is 14.6. The first-order valence-electron chi connectivity index (χ1n) is 10.0. The fourth-order valence-corrected chi connectivity index (χ4v) is 3.52. The van der Waals surface area contributed by atoms with Crippen LogP contribution in [0.3, 0.4) is 0 Å². The zero-order valence-corrected chi connectivity index (χ0v) is 17.5. The van der Waals surface area contributed by atoms with Crippen molar-refractivity contribution in [2.45, 2.75) is 0 Å². The largest absolute Gasteiger partial charge is 0.479 e. The van der Waals surface area contributed by atoms with E-state index in [1.54, 1.807) is 47.3 Å². The highest BCUT2D eigenvalue weighted by molar-refractivity contribution is 5.96. The molecule has 0 spiro atoms. The minimum absolute atomic E-state index is 0.0798. The highest BCUT2D eigenvalue weighted by Crippen LogP contribution is 2.19. The lowest BCUT2D eigenvalue weighted by Gasteiger charge is -2.34. The predicted octanol–water partition coefficient (Wildman–Crippen LogP) is 0.600. The first kappa shape index (κ1) is 20.7. The summed E-state index contributed by atoms with van der Waals surface area (Å²) in [5.41, 5.74) is 1.44. The first-order chi connectivity index (χ1) is 15.0. The molecule has 164 valence electrons. The third kappa shape index (κ3) is 4.61. The van der Waals surface area contributed by atoms with E-state index in [4.69, 9.17) is 9.15 Å². The van der Waals surface area contributed by atoms with Gasteiger partial charge in [-0.3, -0.25) is 24.3 Å². The van der Waals surface area contributed by atoms with Gasteiger partial charge in [-0.15, -0.1) is 5.10 Å². The number of H-pyrrole nitrogens is 1. The second kappa shape index (κ2) is 9.04. The third-order valence-electron chi connectivity index (χ3n) is 5.19. The second-order valence-electron chi connectivity index (χ2n) is 7.26. The fourth-order valence-electron chi connectivity index (χ4n) is 3.52. The van der Waals surface area contributed by atoms with Crippen molar-refractivity contribution < 1.29 is 18.7 Å². The van der Waals surface area contributed by atoms with Crippen molar-refractivity contribution in [1.29, 1.82) is 0 Å². The molecule has 0 aliphatic carbocycles. The topological polar surface area (TPSA) is 122 Å². The van der Waals surface area contributed by atoms with Gasteiger partial charge in [-0.2, -0.15) is 5.10 Å². The average Bonchev–Trinajstić information content (AvgIpc) is 3.53. The van der Waals surface area contributed by atoms with E-state index in [0.29, 0.717) is 54.8 Å². The van der Waals surface area contributed by atoms with Gasteiger partial charge >= 0.3 is 0 Å². The van der Waals surface area contributed by atoms with Gasteiger partial charge < -0.3 is 19.4 Å². The molecule has 0 aromatic carbocycles. The molecule has 31 heavy (non-hydrogen) atoms. The van der Waals surface area contributed by atoms with Crippen LogP contribution in [0.25, 0.3) is 11.5 Å². The molecule has 0 unspecified atom stereocenters. The summed E-state index contributed by atoms with van der Waals surface area (Å²) >= 11 is 0. The van der Waals surface area contributed by atoms with Crippen LogP contribution >= 0.6 is 0 Å². The van der Waals surface area contributed by atoms with Gasteiger partial charge in [0.1, 0.15) is 11.3 Å². The Bertz CT molecular complexity index is 1030. The third-order valence-corrected chi connectivity index (χ3v) is 5.19. The van der Waals surface area contributed by atoms with E-state index < -0.39 is 0 Å². The molecule has 1 aliphatic rings. The standard InChI is InChI=1S/C20H25N7O4/c1-25-13-14(19(24-25)30-2)20(29)27-9-7-26(8-10-27)6-5-21-18(28)16-12-15(22-23-16)17-4-3-11-31-17/h3-4,11-13H,5-10H2,1-2H3,(H,21,28)(H,22,23). The molecule has 0 saturated carbocycles. The van der Waals surface area contributed by atoms with Gasteiger partial charge in [-0.05, 0) is 12.1 Å². The molecule has 0 radical (unpaired) electrons. The summed E-state index contributed by atoms with van der Waals surface area (Å²) in [4.78, 5) is 29.1. The Hall–Kier alpha value is -3.60. The molecular weight excluding hydrogens is 402 g/mol. The van der Waals surface area contributed by atoms with Crippen molar-refractivity contribution in [3.05, 3.63) is 41.9 Å². The van der Waals surface area contributed by atoms with Gasteiger partial charge in [0.25, 0.3) is 11.8 Å². The van der Waals surface area contributed by atoms with Crippen molar-refractivity contribution >= 4 is 11.8 Å². The summed E-state index contributed by atoms with van der Waals surface area (Å²) in [5, 5.41) is 13.9. The van der Waals surface area contributed by atoms with Crippen LogP contribution in [0, 0.1) is 0 Å². The Balaban J connectivity index is 1.22. The van der Waals surface area contributed by atoms with E-state index in [-0.39, 0.29) is 11.8 Å². The summed E-state index contributed by atoms with van der Waals surface area (Å²) < 4.78 is 12.1. The smallest absolute Gasteiger partial charge is 0.271 e. The number of furan rings is 1. The quantitative estimate of drug-likeness (QED) is 0.566. The highest BCUT2D eigenvalue weighted by atomic mass is 16.5. The number of piperazine rings is 1. The Morgan fingerprint density at radius 1 is 1.29 bits per heavy atom. The van der Waals surface area contributed by atoms with Gasteiger partial charge in [-0.25, -0.2) is 0 Å². The minimum Gasteiger partial charge on any atom is -0.479 e. The molecule has 0 atom stereocenters. The molecule has 1 saturated heterocycles. The number of ether oxygens (including phenoxy) is 1. The average molecular weight is 427 g/mol. The van der Waals surface area contributed by atoms with Crippen LogP contribution in [0.2, 0.25) is 0 Å². The number of aryl methyl sites for hydroxylation is 1. The summed E-state index contributed by atoms with van der Waals surface area (Å²) in [6.45, 7) is 3.86. The van der Waals surface area contributed by atoms with E-state index in [1.807, 2.05) is 0 Å². The summed E-state index contributed by atoms with van der Waals surface area (Å²) in [6, 6.07) is 5.23. The molecule has 3 aromatic rings. The molecule has 2 amide bonds. The van der Waals surface area contributed by atoms with Crippen LogP contribution in [0.5, 0.6) is 5.88 Å². The van der Waals surface area contributed by atoms with Crippen LogP contribution in [0.4, 0.5) is 0 Å². The van der Waals surface area contributed by atoms with E-state index >= 15 is 0 Å². The zero-order chi connectivity index (χ0) is 21.8. The van der Waals surface area contributed by atoms with Crippen molar-refractivity contribution in [2.24, 2.45) is 7.05 Å². The summed E-state index contributed by atoms with van der Waals surface area (Å²) in [5.74, 6) is 0.643. The van der Waals surface area contributed by atoms with E-state index in [2.05, 4.69) is 25.5 Å². The number of aromatic amines is 1. The molecular formula is C20H25N7O4. The number of rotatable bonds is 7. The van der Waals surface area contributed by atoms with Crippen molar-refractivity contribution in [3.8, 4) is 17.3 Å². The molecule has 1 aliphatic heterocycles. The number of methoxy groups -OCH3 is 1. The molecule has 4 rings (SSSR count). The molecule has 3 aromatic heterocycles. The fraction of sp³-hybridized carbons (Fsp3) is 0.400. The van der Waals surface area contributed by atoms with Crippen molar-refractivity contribution in [3.63, 3.8) is 0 Å². The number of hydrogen-bond acceptors (Lipinski definition) is 7. The highest BCUT2D eigenvalue weighted by Gasteiger charge is 2.26. The maximum Gasteiger partial charge on any atom is 0.271 e. The summed E-state index contributed by atoms with van der Waals surface area (Å²) in [7, 11) is 3.26. The lowest BCUT2D eigenvalue weighted by molar-refractivity contribution is 0.0634. The van der Waals surface area contributed by atoms with Crippen LogP contribution in [0.15, 0.2) is 35.1 Å². The predicted molar refractivity (Wildman–Crippen MR) is 111 cm³/mol. The number of carbonyl (C=O) groups excluding carboxylic acids is 2. The maximum absolute atomic E-state index is 12.7. The Kier molecular flexibility index (Phi) is 6.03. The zero-order valence-electron chi connectivity index (χ0n) is 17.5. The van der Waals surface area contributed by atoms with Crippen LogP contribution in [-0.2, 0) is 7.05 Å². The SMILES string of the molecule is COc1nn(C)cc1C(=O)N1CCN(CCNC(=O)c2cc(-c3ccco3)[nH]n2)CC1. The number of amides is 2. The lowest BCUT2D eigenvalue weighted by Crippen LogP contribution is -2.50. The van der Waals surface area contributed by atoms with Gasteiger partial charge in [0.2, 0.25) is 5.88 Å². The van der Waals surface area contributed by atoms with Crippen molar-refractivity contribution in [1.82, 2.24) is 35.1 Å². The van der Waals surface area contributed by atoms with Gasteiger partial charge in [0, 0.05) is 58.6 Å². The molecule has 0 bridgehead atoms. The summed E-state index contributed by atoms with van der Waals surface area (Å²) in [6.07, 6.45) is 3.24.